The van der Waals surface area contributed by atoms with E-state index in [4.69, 9.17) is 47.4 Å². The number of Topliss-reactive ketones (excluding diaryl/α,β-unsaturated/α-hetero) is 1. The lowest BCUT2D eigenvalue weighted by molar-refractivity contribution is -0.474. The van der Waals surface area contributed by atoms with E-state index < -0.39 is 115 Å². The molecule has 23 nitrogen and oxygen atoms in total. The third-order valence-corrected chi connectivity index (χ3v) is 17.7. The molecule has 2 saturated carbocycles. The first-order valence-corrected chi connectivity index (χ1v) is 32.0. The maximum absolute atomic E-state index is 14.0. The Morgan fingerprint density at radius 3 is 1.47 bits per heavy atom. The van der Waals surface area contributed by atoms with E-state index in [1.54, 1.807) is 27.8 Å². The van der Waals surface area contributed by atoms with Crippen molar-refractivity contribution in [3.63, 3.8) is 0 Å². The maximum Gasteiger partial charge on any atom is 0.331 e. The number of aromatic hydroxyl groups is 1. The van der Waals surface area contributed by atoms with Gasteiger partial charge in [0.2, 0.25) is 24.5 Å². The summed E-state index contributed by atoms with van der Waals surface area (Å²) in [6.45, 7) is 21.3. The number of hydrogen-bond donors (Lipinski definition) is 5. The number of carbonyl (C=O) groups is 8. The molecule has 0 radical (unpaired) electrons. The third kappa shape index (κ3) is 26.1. The van der Waals surface area contributed by atoms with Crippen molar-refractivity contribution >= 4 is 47.4 Å². The topological polar surface area (TPSA) is 297 Å². The van der Waals surface area contributed by atoms with Gasteiger partial charge >= 0.3 is 23.9 Å². The van der Waals surface area contributed by atoms with E-state index in [-0.39, 0.29) is 152 Å². The van der Waals surface area contributed by atoms with Gasteiger partial charge in [0, 0.05) is 12.8 Å². The fraction of sp³-hybridized carbons (Fsp3) is 0.806. The molecule has 2 heterocycles. The van der Waals surface area contributed by atoms with Crippen LogP contribution in [0, 0.1) is 46.3 Å². The zero-order chi connectivity index (χ0) is 64.7. The molecule has 10 unspecified atom stereocenters. The second-order valence-corrected chi connectivity index (χ2v) is 27.2. The highest BCUT2D eigenvalue weighted by Gasteiger charge is 2.57. The highest BCUT2D eigenvalue weighted by molar-refractivity contribution is 6.00. The molecule has 2 saturated heterocycles. The summed E-state index contributed by atoms with van der Waals surface area (Å²) < 4.78 is 61.5. The monoisotopic (exact) mass is 1350 g/mol. The van der Waals surface area contributed by atoms with Gasteiger partial charge in [-0.1, -0.05) is 134 Å². The predicted octanol–water partition coefficient (Wildman–Crippen LogP) is 11.4. The van der Waals surface area contributed by atoms with Gasteiger partial charge in [-0.2, -0.15) is 0 Å². The van der Waals surface area contributed by atoms with E-state index in [9.17, 15) is 43.5 Å². The summed E-state index contributed by atoms with van der Waals surface area (Å²) >= 11 is 0. The molecule has 6 rings (SSSR count). The Balaban J connectivity index is 0. The van der Waals surface area contributed by atoms with Crippen molar-refractivity contribution in [3.05, 3.63) is 29.3 Å². The van der Waals surface area contributed by atoms with Crippen molar-refractivity contribution in [2.75, 3.05) is 53.5 Å². The first-order valence-electron chi connectivity index (χ1n) is 32.0. The fourth-order valence-corrected chi connectivity index (χ4v) is 13.2. The number of nitrogens with one attached hydrogen (secondary N) is 4. The molecule has 1 aromatic rings. The molecule has 0 bridgehead atoms. The minimum atomic E-state index is -1.67. The molecule has 5 aliphatic rings. The second-order valence-electron chi connectivity index (χ2n) is 27.2. The van der Waals surface area contributed by atoms with Gasteiger partial charge in [-0.3, -0.25) is 24.0 Å². The Morgan fingerprint density at radius 2 is 1.03 bits per heavy atom. The molecule has 1 aromatic carbocycles. The van der Waals surface area contributed by atoms with Crippen molar-refractivity contribution < 1.29 is 90.8 Å². The van der Waals surface area contributed by atoms with E-state index in [1.165, 1.54) is 18.1 Å². The highest BCUT2D eigenvalue weighted by Crippen LogP contribution is 2.62. The molecular formula is C72H130N4O19. The number of likely N-dealkylation sites (N-methyl/N-ethyl adjacent to an activating group) is 1. The summed E-state index contributed by atoms with van der Waals surface area (Å²) in [6, 6.07) is 1.65. The molecule has 3 aliphatic carbocycles. The van der Waals surface area contributed by atoms with Gasteiger partial charge in [0.05, 0.1) is 44.4 Å². The Hall–Kier alpha value is -5.30. The van der Waals surface area contributed by atoms with Crippen molar-refractivity contribution in [1.29, 1.82) is 0 Å². The number of phenolic OH excluding ortho intramolecular Hbond substituents is 1. The zero-order valence-corrected chi connectivity index (χ0v) is 54.4. The summed E-state index contributed by atoms with van der Waals surface area (Å²) in [5.74, 6) is -7.25. The van der Waals surface area contributed by atoms with Crippen LogP contribution in [0.4, 0.5) is 0 Å². The smallest absolute Gasteiger partial charge is 0.331 e. The predicted molar refractivity (Wildman–Crippen MR) is 367 cm³/mol. The molecule has 0 aromatic heterocycles. The van der Waals surface area contributed by atoms with Gasteiger partial charge in [0.25, 0.3) is 11.9 Å². The van der Waals surface area contributed by atoms with Crippen LogP contribution in [-0.2, 0) is 92.1 Å². The van der Waals surface area contributed by atoms with Crippen molar-refractivity contribution in [3.8, 4) is 5.75 Å². The largest absolute Gasteiger partial charge is 0.508 e. The second kappa shape index (κ2) is 41.2. The van der Waals surface area contributed by atoms with Crippen molar-refractivity contribution in [1.82, 2.24) is 21.3 Å². The van der Waals surface area contributed by atoms with E-state index in [1.807, 2.05) is 60.6 Å². The maximum atomic E-state index is 14.0. The Labute approximate surface area is 571 Å². The van der Waals surface area contributed by atoms with Gasteiger partial charge in [0.1, 0.15) is 61.4 Å². The quantitative estimate of drug-likeness (QED) is 0.0194. The van der Waals surface area contributed by atoms with E-state index >= 15 is 0 Å². The normalized spacial score (nSPS) is 25.4. The van der Waals surface area contributed by atoms with E-state index in [0.717, 1.165) is 38.5 Å². The Kier molecular flexibility index (Phi) is 39.8. The Bertz CT molecular complexity index is 2540. The minimum Gasteiger partial charge on any atom is -0.508 e. The summed E-state index contributed by atoms with van der Waals surface area (Å²) in [4.78, 5) is 104. The van der Waals surface area contributed by atoms with Gasteiger partial charge in [-0.15, -0.1) is 0 Å². The number of esters is 4. The number of ether oxygens (including phenoxy) is 10. The Morgan fingerprint density at radius 1 is 0.600 bits per heavy atom. The summed E-state index contributed by atoms with van der Waals surface area (Å²) in [5.41, 5.74) is 2.06. The SMILES string of the molecule is C.C.C.C.C.C.C.CCC1(OC(COC(=O)C(CC(C)C)NC)COC(=O)C(CC(C)C)NC(=O)CC(=O)NC(CC(C)C)C(=O)OCOC(=O)C(CC(C)C)NC(=O)CC(C)=O)OCC2(CO1)COC(CC)(OC1CC3C4CCc5cc(O)ccc5C4CCC3(C)C1)OC2. The summed E-state index contributed by atoms with van der Waals surface area (Å²) in [5, 5.41) is 20.8. The number of aryl methyl sites for hydroxylation is 1. The van der Waals surface area contributed by atoms with Crippen LogP contribution in [0.2, 0.25) is 0 Å². The van der Waals surface area contributed by atoms with Crippen molar-refractivity contribution in [2.24, 2.45) is 46.3 Å². The van der Waals surface area contributed by atoms with E-state index in [2.05, 4.69) is 34.3 Å². The van der Waals surface area contributed by atoms with Crippen LogP contribution in [0.5, 0.6) is 5.75 Å². The van der Waals surface area contributed by atoms with Crippen molar-refractivity contribution in [2.45, 2.75) is 279 Å². The number of ketones is 1. The number of benzene rings is 1. The number of carbonyl (C=O) groups excluding carboxylic acids is 8. The molecule has 552 valence electrons. The highest BCUT2D eigenvalue weighted by atomic mass is 16.9. The molecule has 95 heavy (non-hydrogen) atoms. The molecule has 4 fully saturated rings. The molecule has 1 spiro atoms. The average Bonchev–Trinajstić information content (AvgIpc) is 1.69. The molecule has 3 amide bonds. The summed E-state index contributed by atoms with van der Waals surface area (Å²) in [7, 11) is 1.66. The summed E-state index contributed by atoms with van der Waals surface area (Å²) in [6.07, 6.45) is 5.23. The lowest BCUT2D eigenvalue weighted by Gasteiger charge is -2.50. The van der Waals surface area contributed by atoms with Crippen LogP contribution in [0.25, 0.3) is 0 Å². The molecule has 10 atom stereocenters. The number of phenols is 1. The average molecular weight is 1360 g/mol. The zero-order valence-electron chi connectivity index (χ0n) is 54.4. The van der Waals surface area contributed by atoms with Crippen LogP contribution < -0.4 is 21.3 Å². The van der Waals surface area contributed by atoms with E-state index in [0.29, 0.717) is 36.3 Å². The first kappa shape index (κ1) is 91.8. The number of fused-ring (bicyclic) bond motifs is 5. The molecule has 5 N–H and O–H groups in total. The fourth-order valence-electron chi connectivity index (χ4n) is 13.2. The van der Waals surface area contributed by atoms with Crippen LogP contribution >= 0.6 is 0 Å². The number of rotatable bonds is 32. The molecular weight excluding hydrogens is 1220 g/mol. The van der Waals surface area contributed by atoms with Crippen LogP contribution in [0.1, 0.15) is 236 Å². The minimum absolute atomic E-state index is 0. The van der Waals surface area contributed by atoms with Gasteiger partial charge in [-0.05, 0) is 148 Å². The lowest BCUT2D eigenvalue weighted by Crippen LogP contribution is -2.61. The molecule has 23 heteroatoms. The van der Waals surface area contributed by atoms with Crippen LogP contribution in [-0.4, -0.2) is 154 Å². The van der Waals surface area contributed by atoms with Gasteiger partial charge in [-0.25, -0.2) is 14.4 Å². The first-order chi connectivity index (χ1) is 41.5. The van der Waals surface area contributed by atoms with Crippen LogP contribution in [0.15, 0.2) is 18.2 Å². The molecule has 2 aliphatic heterocycles. The van der Waals surface area contributed by atoms with Gasteiger partial charge in [0.15, 0.2) is 0 Å². The standard InChI is InChI=1S/C65H102N4O19.7CH4/c1-14-64(87-45-28-50-49-18-16-43-27-44(71)17-19-47(43)48(49)20-21-62(50,12)30-45)83-33-63(34-84-64)35-85-65(15-2,86-36-63)88-46(31-79-58(75)51(66-13)22-38(3)4)32-80-59(76)52(23-39(5)6)68-56(73)29-57(74)69-54(25-41(9)10)61(78)82-37-81-60(77)53(24-40(7)8)67-55(72)26-42(11)70;;;;;;;/h17,19,27,38-41,45-46,48-54,66,71H,14-16,18,20-26,28-37H2,1-13H3,(H,67,72)(H,68,73)(H,69,74);7*1H4. The number of amides is 3. The number of hydrogen-bond acceptors (Lipinski definition) is 20. The van der Waals surface area contributed by atoms with Crippen LogP contribution in [0.3, 0.4) is 0 Å². The lowest BCUT2D eigenvalue weighted by atomic mass is 9.56. The third-order valence-electron chi connectivity index (χ3n) is 17.7. The van der Waals surface area contributed by atoms with Gasteiger partial charge < -0.3 is 73.7 Å².